The van der Waals surface area contributed by atoms with Crippen molar-refractivity contribution >= 4 is 39.1 Å². The van der Waals surface area contributed by atoms with Gasteiger partial charge in [0.25, 0.3) is 0 Å². The van der Waals surface area contributed by atoms with Crippen molar-refractivity contribution in [1.29, 1.82) is 0 Å². The zero-order valence-corrected chi connectivity index (χ0v) is 21.7. The number of benzene rings is 2. The molecule has 7 heteroatoms. The van der Waals surface area contributed by atoms with Crippen LogP contribution in [0.15, 0.2) is 83.7 Å². The smallest absolute Gasteiger partial charge is 1.00 e. The van der Waals surface area contributed by atoms with Gasteiger partial charge >= 0.3 is 183 Å². The van der Waals surface area contributed by atoms with Crippen LogP contribution in [0.4, 0.5) is 0 Å². The molecular formula is C24H22Cl2N2P2Ti. The molecular weight excluding hydrogens is 497 g/mol. The van der Waals surface area contributed by atoms with Crippen LogP contribution in [-0.4, -0.2) is 11.6 Å². The number of fused-ring (bicyclic) bond motifs is 2. The predicted molar refractivity (Wildman–Crippen MR) is 128 cm³/mol. The van der Waals surface area contributed by atoms with Crippen molar-refractivity contribution < 1.29 is 44.0 Å². The molecule has 31 heavy (non-hydrogen) atoms. The molecule has 2 aromatic carbocycles. The summed E-state index contributed by atoms with van der Waals surface area (Å²) in [7, 11) is -1.60. The SMILES string of the molecule is C1=CN[PH](C2=Cc3ccccc3[CH]2[Ti+2][CH]2C([PH]3=CC=CN3)=Cc3ccccc32)=C1.[Cl-].[Cl-]. The van der Waals surface area contributed by atoms with E-state index in [1.165, 1.54) is 11.1 Å². The number of halogens is 2. The van der Waals surface area contributed by atoms with Crippen LogP contribution in [0.2, 0.25) is 0 Å². The zero-order valence-electron chi connectivity index (χ0n) is 16.6. The van der Waals surface area contributed by atoms with Gasteiger partial charge in [0.05, 0.1) is 0 Å². The van der Waals surface area contributed by atoms with Crippen LogP contribution in [0.25, 0.3) is 12.2 Å². The fourth-order valence-electron chi connectivity index (χ4n) is 4.66. The largest absolute Gasteiger partial charge is 1.00 e. The van der Waals surface area contributed by atoms with Gasteiger partial charge in [0, 0.05) is 0 Å². The topological polar surface area (TPSA) is 24.1 Å². The van der Waals surface area contributed by atoms with Crippen molar-refractivity contribution in [2.24, 2.45) is 0 Å². The molecule has 2 aliphatic carbocycles. The van der Waals surface area contributed by atoms with Crippen LogP contribution >= 0.6 is 15.4 Å². The monoisotopic (exact) mass is 518 g/mol. The summed E-state index contributed by atoms with van der Waals surface area (Å²) in [5.41, 5.74) is 6.00. The van der Waals surface area contributed by atoms with Crippen molar-refractivity contribution in [3.8, 4) is 0 Å². The van der Waals surface area contributed by atoms with E-state index in [0.29, 0.717) is 8.45 Å². The summed E-state index contributed by atoms with van der Waals surface area (Å²) >= 11 is -0.314. The minimum atomic E-state index is -0.799. The molecule has 0 saturated carbocycles. The number of rotatable bonds is 4. The molecule has 0 aromatic heterocycles. The summed E-state index contributed by atoms with van der Waals surface area (Å²) in [5, 5.41) is 10.6. The maximum atomic E-state index is 3.65. The average Bonchev–Trinajstić information content (AvgIpc) is 3.55. The summed E-state index contributed by atoms with van der Waals surface area (Å²) in [6, 6.07) is 18.1. The second-order valence-electron chi connectivity index (χ2n) is 7.66. The Kier molecular flexibility index (Phi) is 7.29. The van der Waals surface area contributed by atoms with E-state index < -0.39 is 15.4 Å². The van der Waals surface area contributed by atoms with E-state index >= 15 is 0 Å². The van der Waals surface area contributed by atoms with Gasteiger partial charge in [-0.1, -0.05) is 0 Å². The summed E-state index contributed by atoms with van der Waals surface area (Å²) < 4.78 is 1.22. The Hall–Kier alpha value is -1.11. The summed E-state index contributed by atoms with van der Waals surface area (Å²) in [5.74, 6) is 4.81. The first-order valence-corrected chi connectivity index (χ1v) is 15.0. The molecule has 4 atom stereocenters. The average molecular weight is 519 g/mol. The quantitative estimate of drug-likeness (QED) is 0.416. The third-order valence-corrected chi connectivity index (χ3v) is 14.0. The Morgan fingerprint density at radius 2 is 1.10 bits per heavy atom. The van der Waals surface area contributed by atoms with Crippen LogP contribution in [0.5, 0.6) is 0 Å². The first-order chi connectivity index (χ1) is 14.4. The van der Waals surface area contributed by atoms with Crippen molar-refractivity contribution in [1.82, 2.24) is 10.2 Å². The molecule has 0 saturated heterocycles. The predicted octanol–water partition coefficient (Wildman–Crippen LogP) is -0.635. The summed E-state index contributed by atoms with van der Waals surface area (Å²) in [6.45, 7) is 0. The van der Waals surface area contributed by atoms with Gasteiger partial charge in [-0.25, -0.2) is 0 Å². The van der Waals surface area contributed by atoms with E-state index in [4.69, 9.17) is 0 Å². The van der Waals surface area contributed by atoms with Gasteiger partial charge in [-0.3, -0.25) is 0 Å². The van der Waals surface area contributed by atoms with Gasteiger partial charge in [0.2, 0.25) is 0 Å². The second kappa shape index (κ2) is 9.80. The van der Waals surface area contributed by atoms with Gasteiger partial charge in [-0.05, 0) is 0 Å². The van der Waals surface area contributed by atoms with Gasteiger partial charge < -0.3 is 24.8 Å². The van der Waals surface area contributed by atoms with Gasteiger partial charge in [-0.15, -0.1) is 0 Å². The second-order valence-corrected chi connectivity index (χ2v) is 14.0. The molecule has 156 valence electrons. The molecule has 0 radical (unpaired) electrons. The minimum absolute atomic E-state index is 0. The first-order valence-electron chi connectivity index (χ1n) is 10.0. The Morgan fingerprint density at radius 1 is 0.645 bits per heavy atom. The van der Waals surface area contributed by atoms with E-state index in [1.54, 1.807) is 21.8 Å². The molecule has 4 aliphatic rings. The van der Waals surface area contributed by atoms with E-state index in [1.807, 2.05) is 0 Å². The molecule has 2 aromatic rings. The zero-order chi connectivity index (χ0) is 19.2. The molecule has 6 rings (SSSR count). The minimum Gasteiger partial charge on any atom is -1.00 e. The number of hydrogen-bond acceptors (Lipinski definition) is 2. The van der Waals surface area contributed by atoms with Crippen LogP contribution in [0.3, 0.4) is 0 Å². The molecule has 0 bridgehead atoms. The molecule has 0 amide bonds. The first kappa shape index (κ1) is 23.1. The van der Waals surface area contributed by atoms with Crippen molar-refractivity contribution in [2.75, 3.05) is 0 Å². The van der Waals surface area contributed by atoms with Crippen LogP contribution in [0.1, 0.15) is 30.7 Å². The van der Waals surface area contributed by atoms with E-state index in [2.05, 4.69) is 107 Å². The molecule has 2 N–H and O–H groups in total. The Labute approximate surface area is 206 Å². The fraction of sp³-hybridized carbons (Fsp3) is 0.0833. The maximum Gasteiger partial charge on any atom is -1.00 e. The van der Waals surface area contributed by atoms with E-state index in [9.17, 15) is 0 Å². The number of allylic oxidation sites excluding steroid dienone is 4. The third kappa shape index (κ3) is 4.16. The van der Waals surface area contributed by atoms with E-state index in [-0.39, 0.29) is 44.0 Å². The van der Waals surface area contributed by atoms with Gasteiger partial charge in [-0.2, -0.15) is 0 Å². The summed E-state index contributed by atoms with van der Waals surface area (Å²) in [6.07, 6.45) is 13.6. The molecule has 4 unspecified atom stereocenters. The third-order valence-electron chi connectivity index (χ3n) is 6.01. The van der Waals surface area contributed by atoms with E-state index in [0.717, 1.165) is 0 Å². The Bertz CT molecular complexity index is 1120. The van der Waals surface area contributed by atoms with Crippen LogP contribution in [-0.2, 0) is 19.2 Å². The summed E-state index contributed by atoms with van der Waals surface area (Å²) in [4.78, 5) is 0. The molecule has 0 fully saturated rings. The Morgan fingerprint density at radius 3 is 1.52 bits per heavy atom. The number of hydrogen-bond donors (Lipinski definition) is 2. The van der Waals surface area contributed by atoms with Gasteiger partial charge in [0.1, 0.15) is 0 Å². The Balaban J connectivity index is 0.00000116. The van der Waals surface area contributed by atoms with Gasteiger partial charge in [0.15, 0.2) is 0 Å². The molecule has 2 aliphatic heterocycles. The maximum absolute atomic E-state index is 3.65. The fourth-order valence-corrected chi connectivity index (χ4v) is 13.1. The standard InChI is InChI=1S/2C12H11NP.2ClH.Ti/c2*1-2-5-11-9-12(8-10(11)4-1)14-7-3-6-13-14;;;/h2*1-9,13-14H;2*1H;/q;;;;+2/p-2. The number of nitrogens with one attached hydrogen (secondary N) is 2. The molecule has 2 heterocycles. The molecule has 0 spiro atoms. The van der Waals surface area contributed by atoms with Crippen LogP contribution in [0, 0.1) is 0 Å². The normalized spacial score (nSPS) is 25.9. The van der Waals surface area contributed by atoms with Crippen molar-refractivity contribution in [3.63, 3.8) is 0 Å². The van der Waals surface area contributed by atoms with Crippen molar-refractivity contribution in [2.45, 2.75) is 8.45 Å². The molecule has 2 nitrogen and oxygen atoms in total. The van der Waals surface area contributed by atoms with Crippen molar-refractivity contribution in [3.05, 3.63) is 106 Å². The van der Waals surface area contributed by atoms with Crippen LogP contribution < -0.4 is 35.0 Å².